The molecule has 2 fully saturated rings. The second-order valence-electron chi connectivity index (χ2n) is 10.6. The molecule has 1 saturated carbocycles. The van der Waals surface area contributed by atoms with Crippen LogP contribution in [0.2, 0.25) is 0 Å². The molecule has 1 aliphatic heterocycles. The number of rotatable bonds is 9. The Morgan fingerprint density at radius 1 is 1.03 bits per heavy atom. The van der Waals surface area contributed by atoms with Crippen LogP contribution in [-0.4, -0.2) is 71.9 Å². The number of fused-ring (bicyclic) bond motifs is 1. The van der Waals surface area contributed by atoms with Crippen molar-refractivity contribution >= 4 is 27.0 Å². The molecule has 0 amide bonds. The molecule has 3 heterocycles. The average molecular weight is 525 g/mol. The number of aromatic nitrogens is 3. The van der Waals surface area contributed by atoms with Crippen LogP contribution in [0.15, 0.2) is 41.6 Å². The van der Waals surface area contributed by atoms with Crippen molar-refractivity contribution < 1.29 is 8.42 Å². The van der Waals surface area contributed by atoms with Gasteiger partial charge in [0.2, 0.25) is 16.0 Å². The van der Waals surface area contributed by atoms with Gasteiger partial charge in [-0.25, -0.2) is 13.4 Å². The van der Waals surface area contributed by atoms with Crippen molar-refractivity contribution in [2.75, 3.05) is 45.1 Å². The smallest absolute Gasteiger partial charge is 0.243 e. The number of nitrogens with zero attached hydrogens (tertiary/aromatic N) is 5. The lowest BCUT2D eigenvalue weighted by molar-refractivity contribution is 0.222. The van der Waals surface area contributed by atoms with Gasteiger partial charge < -0.3 is 14.8 Å². The number of anilines is 1. The quantitative estimate of drug-likeness (QED) is 0.404. The van der Waals surface area contributed by atoms with Crippen molar-refractivity contribution in [3.8, 4) is 11.1 Å². The molecule has 8 nitrogen and oxygen atoms in total. The van der Waals surface area contributed by atoms with Crippen LogP contribution in [0.25, 0.3) is 22.2 Å². The molecule has 2 aromatic heterocycles. The maximum atomic E-state index is 13.2. The van der Waals surface area contributed by atoms with Crippen LogP contribution in [0.1, 0.15) is 51.9 Å². The summed E-state index contributed by atoms with van der Waals surface area (Å²) in [5, 5.41) is 4.37. The second kappa shape index (κ2) is 11.5. The minimum absolute atomic E-state index is 0.352. The number of unbranched alkanes of at least 4 members (excludes halogenated alkanes) is 1. The van der Waals surface area contributed by atoms with Crippen LogP contribution in [-0.2, 0) is 16.6 Å². The Labute approximate surface area is 221 Å². The highest BCUT2D eigenvalue weighted by Gasteiger charge is 2.27. The zero-order valence-electron chi connectivity index (χ0n) is 22.2. The summed E-state index contributed by atoms with van der Waals surface area (Å²) in [6.07, 6.45) is 12.8. The van der Waals surface area contributed by atoms with Gasteiger partial charge in [0.25, 0.3) is 0 Å². The molecule has 3 aromatic rings. The molecule has 0 unspecified atom stereocenters. The molecule has 9 heteroatoms. The van der Waals surface area contributed by atoms with Crippen molar-refractivity contribution in [1.82, 2.24) is 23.7 Å². The molecule has 37 heavy (non-hydrogen) atoms. The highest BCUT2D eigenvalue weighted by atomic mass is 32.2. The van der Waals surface area contributed by atoms with E-state index in [0.717, 1.165) is 61.2 Å². The minimum Gasteiger partial charge on any atom is -0.354 e. The van der Waals surface area contributed by atoms with Gasteiger partial charge in [-0.2, -0.15) is 9.29 Å². The van der Waals surface area contributed by atoms with E-state index >= 15 is 0 Å². The Morgan fingerprint density at radius 3 is 2.46 bits per heavy atom. The van der Waals surface area contributed by atoms with E-state index < -0.39 is 10.0 Å². The van der Waals surface area contributed by atoms with Gasteiger partial charge in [-0.15, -0.1) is 0 Å². The van der Waals surface area contributed by atoms with Gasteiger partial charge >= 0.3 is 0 Å². The summed E-state index contributed by atoms with van der Waals surface area (Å²) < 4.78 is 30.3. The van der Waals surface area contributed by atoms with Gasteiger partial charge in [-0.05, 0) is 49.9 Å². The summed E-state index contributed by atoms with van der Waals surface area (Å²) >= 11 is 0. The first-order valence-electron chi connectivity index (χ1n) is 13.8. The Kier molecular flexibility index (Phi) is 8.12. The highest BCUT2D eigenvalue weighted by Crippen LogP contribution is 2.33. The first-order chi connectivity index (χ1) is 18.0. The fourth-order valence-corrected chi connectivity index (χ4v) is 6.95. The normalized spacial score (nSPS) is 18.4. The Bertz CT molecular complexity index is 1290. The molecule has 2 aliphatic rings. The summed E-state index contributed by atoms with van der Waals surface area (Å²) in [5.74, 6) is 1.34. The maximum Gasteiger partial charge on any atom is 0.243 e. The van der Waals surface area contributed by atoms with Crippen molar-refractivity contribution in [2.24, 2.45) is 5.92 Å². The van der Waals surface area contributed by atoms with E-state index in [9.17, 15) is 8.42 Å². The van der Waals surface area contributed by atoms with Crippen LogP contribution in [0.3, 0.4) is 0 Å². The van der Waals surface area contributed by atoms with Crippen LogP contribution < -0.4 is 5.32 Å². The van der Waals surface area contributed by atoms with E-state index in [1.807, 2.05) is 25.4 Å². The second-order valence-corrected chi connectivity index (χ2v) is 12.6. The number of likely N-dealkylation sites (N-methyl/N-ethyl adjacent to an activating group) is 1. The van der Waals surface area contributed by atoms with Crippen LogP contribution >= 0.6 is 0 Å². The van der Waals surface area contributed by atoms with Crippen molar-refractivity contribution in [1.29, 1.82) is 0 Å². The maximum absolute atomic E-state index is 13.2. The van der Waals surface area contributed by atoms with Crippen LogP contribution in [0.5, 0.6) is 0 Å². The van der Waals surface area contributed by atoms with E-state index in [2.05, 4.69) is 32.9 Å². The molecule has 0 radical (unpaired) electrons. The number of hydrogen-bond donors (Lipinski definition) is 1. The molecular weight excluding hydrogens is 484 g/mol. The first kappa shape index (κ1) is 26.1. The van der Waals surface area contributed by atoms with Crippen LogP contribution in [0.4, 0.5) is 5.95 Å². The third-order valence-corrected chi connectivity index (χ3v) is 9.79. The Balaban J connectivity index is 1.44. The van der Waals surface area contributed by atoms with Crippen molar-refractivity contribution in [3.63, 3.8) is 0 Å². The topological polar surface area (TPSA) is 83.4 Å². The minimum atomic E-state index is -3.49. The fourth-order valence-electron chi connectivity index (χ4n) is 5.53. The summed E-state index contributed by atoms with van der Waals surface area (Å²) in [6.45, 7) is 6.57. The SMILES string of the molecule is CCCCNc1ncc2c(-c3ccc(S(=O)(=O)N4CCN(C)CC4)cc3)cn(CC3CCCCC3)c2n1. The Hall–Kier alpha value is -2.49. The largest absolute Gasteiger partial charge is 0.354 e. The zero-order valence-corrected chi connectivity index (χ0v) is 23.0. The number of hydrogen-bond acceptors (Lipinski definition) is 6. The standard InChI is InChI=1S/C28H40N6O2S/c1-3-4-14-29-28-30-19-25-26(21-33(27(25)31-28)20-22-8-6-5-7-9-22)23-10-12-24(13-11-23)37(35,36)34-17-15-32(2)16-18-34/h10-13,19,21-22H,3-9,14-18,20H2,1-2H3,(H,29,30,31). The average Bonchev–Trinajstić information content (AvgIpc) is 3.27. The van der Waals surface area contributed by atoms with Crippen molar-refractivity contribution in [2.45, 2.75) is 63.3 Å². The number of benzene rings is 1. The predicted molar refractivity (Wildman–Crippen MR) is 149 cm³/mol. The number of sulfonamides is 1. The number of nitrogens with one attached hydrogen (secondary N) is 1. The molecule has 0 spiro atoms. The third-order valence-electron chi connectivity index (χ3n) is 7.87. The van der Waals surface area contributed by atoms with Gasteiger partial charge in [0.15, 0.2) is 0 Å². The molecule has 0 atom stereocenters. The van der Waals surface area contributed by atoms with E-state index in [0.29, 0.717) is 29.9 Å². The van der Waals surface area contributed by atoms with E-state index in [4.69, 9.17) is 4.98 Å². The lowest BCUT2D eigenvalue weighted by Gasteiger charge is -2.31. The summed E-state index contributed by atoms with van der Waals surface area (Å²) in [4.78, 5) is 12.0. The van der Waals surface area contributed by atoms with Gasteiger partial charge in [-0.1, -0.05) is 44.7 Å². The molecule has 1 N–H and O–H groups in total. The lowest BCUT2D eigenvalue weighted by Crippen LogP contribution is -2.46. The van der Waals surface area contributed by atoms with E-state index in [1.165, 1.54) is 32.1 Å². The first-order valence-corrected chi connectivity index (χ1v) is 15.3. The molecular formula is C28H40N6O2S. The fraction of sp³-hybridized carbons (Fsp3) is 0.571. The highest BCUT2D eigenvalue weighted by molar-refractivity contribution is 7.89. The van der Waals surface area contributed by atoms with E-state index in [1.54, 1.807) is 16.4 Å². The number of piperazine rings is 1. The van der Waals surface area contributed by atoms with Gasteiger partial charge in [0.1, 0.15) is 5.65 Å². The molecule has 1 aliphatic carbocycles. The van der Waals surface area contributed by atoms with Crippen molar-refractivity contribution in [3.05, 3.63) is 36.7 Å². The monoisotopic (exact) mass is 524 g/mol. The molecule has 5 rings (SSSR count). The zero-order chi connectivity index (χ0) is 25.8. The molecule has 0 bridgehead atoms. The molecule has 1 saturated heterocycles. The molecule has 1 aromatic carbocycles. The van der Waals surface area contributed by atoms with Gasteiger partial charge in [0.05, 0.1) is 4.90 Å². The van der Waals surface area contributed by atoms with Crippen LogP contribution in [0, 0.1) is 5.92 Å². The summed E-state index contributed by atoms with van der Waals surface area (Å²) in [7, 11) is -1.46. The Morgan fingerprint density at radius 2 is 1.76 bits per heavy atom. The van der Waals surface area contributed by atoms with Gasteiger partial charge in [-0.3, -0.25) is 0 Å². The molecule has 200 valence electrons. The van der Waals surface area contributed by atoms with Gasteiger partial charge in [0, 0.05) is 62.6 Å². The predicted octanol–water partition coefficient (Wildman–Crippen LogP) is 4.83. The summed E-state index contributed by atoms with van der Waals surface area (Å²) in [5.41, 5.74) is 2.98. The third kappa shape index (κ3) is 5.84. The lowest BCUT2D eigenvalue weighted by atomic mass is 9.89. The van der Waals surface area contributed by atoms with E-state index in [-0.39, 0.29) is 0 Å². The summed E-state index contributed by atoms with van der Waals surface area (Å²) in [6, 6.07) is 7.34.